The van der Waals surface area contributed by atoms with Gasteiger partial charge in [-0.05, 0) is 36.5 Å². The summed E-state index contributed by atoms with van der Waals surface area (Å²) in [7, 11) is -3.24. The molecule has 1 amide bonds. The summed E-state index contributed by atoms with van der Waals surface area (Å²) in [4.78, 5) is 12.6. The Morgan fingerprint density at radius 1 is 1.25 bits per heavy atom. The molecule has 2 aliphatic heterocycles. The molecule has 28 heavy (non-hydrogen) atoms. The first-order valence-electron chi connectivity index (χ1n) is 9.34. The number of halogens is 1. The largest absolute Gasteiger partial charge is 0.319 e. The molecule has 0 spiro atoms. The fourth-order valence-electron chi connectivity index (χ4n) is 4.02. The second-order valence-electron chi connectivity index (χ2n) is 7.37. The van der Waals surface area contributed by atoms with E-state index in [-0.39, 0.29) is 23.4 Å². The van der Waals surface area contributed by atoms with Crippen LogP contribution >= 0.6 is 0 Å². The molecule has 150 valence electrons. The molecule has 3 heterocycles. The number of carbonyl (C=O) groups excluding carboxylic acids is 1. The van der Waals surface area contributed by atoms with Crippen molar-refractivity contribution >= 4 is 21.6 Å². The van der Waals surface area contributed by atoms with Gasteiger partial charge in [0.1, 0.15) is 11.6 Å². The topological polar surface area (TPSA) is 97.2 Å². The van der Waals surface area contributed by atoms with Gasteiger partial charge in [-0.3, -0.25) is 4.79 Å². The number of anilines is 1. The van der Waals surface area contributed by atoms with E-state index >= 15 is 0 Å². The van der Waals surface area contributed by atoms with Gasteiger partial charge >= 0.3 is 0 Å². The Hall–Kier alpha value is -2.33. The van der Waals surface area contributed by atoms with Crippen LogP contribution in [0, 0.1) is 17.7 Å². The lowest BCUT2D eigenvalue weighted by Crippen LogP contribution is -2.31. The maximum absolute atomic E-state index is 13.3. The second kappa shape index (κ2) is 7.25. The molecule has 10 heteroatoms. The summed E-state index contributed by atoms with van der Waals surface area (Å²) in [5.74, 6) is 0.394. The Kier molecular flexibility index (Phi) is 4.92. The summed E-state index contributed by atoms with van der Waals surface area (Å²) in [5.41, 5.74) is 0.341. The average Bonchev–Trinajstić information content (AvgIpc) is 3.23. The van der Waals surface area contributed by atoms with E-state index in [1.54, 1.807) is 14.9 Å². The molecule has 1 fully saturated rings. The predicted octanol–water partition coefficient (Wildman–Crippen LogP) is 1.51. The predicted molar refractivity (Wildman–Crippen MR) is 101 cm³/mol. The maximum Gasteiger partial charge on any atom is 0.293 e. The summed E-state index contributed by atoms with van der Waals surface area (Å²) < 4.78 is 41.4. The van der Waals surface area contributed by atoms with E-state index in [4.69, 9.17) is 0 Å². The van der Waals surface area contributed by atoms with Gasteiger partial charge in [0.25, 0.3) is 5.91 Å². The number of hydrogen-bond donors (Lipinski definition) is 1. The number of hydrogen-bond acceptors (Lipinski definition) is 5. The van der Waals surface area contributed by atoms with Crippen LogP contribution < -0.4 is 5.32 Å². The molecule has 2 atom stereocenters. The SMILES string of the molecule is CCCS(=O)(=O)N1C[C@H]2Cc3nnc(C(=O)Nc4cccc(F)c4)n3C[C@H]2C1. The molecular weight excluding hydrogens is 385 g/mol. The van der Waals surface area contributed by atoms with E-state index in [9.17, 15) is 17.6 Å². The van der Waals surface area contributed by atoms with Gasteiger partial charge < -0.3 is 9.88 Å². The first-order chi connectivity index (χ1) is 13.4. The number of fused-ring (bicyclic) bond motifs is 2. The van der Waals surface area contributed by atoms with Gasteiger partial charge in [-0.15, -0.1) is 10.2 Å². The molecule has 0 unspecified atom stereocenters. The standard InChI is InChI=1S/C18H22FN5O3S/c1-2-6-28(26,27)23-9-12-7-16-21-22-17(24(16)11-13(12)10-23)18(25)20-15-5-3-4-14(19)8-15/h3-5,8,12-13H,2,6-7,9-11H2,1H3,(H,20,25)/t12-,13-/m1/s1. The lowest BCUT2D eigenvalue weighted by atomic mass is 9.89. The highest BCUT2D eigenvalue weighted by molar-refractivity contribution is 7.89. The molecule has 4 rings (SSSR count). The second-order valence-corrected chi connectivity index (χ2v) is 9.46. The Morgan fingerprint density at radius 2 is 2.04 bits per heavy atom. The Morgan fingerprint density at radius 3 is 2.79 bits per heavy atom. The number of benzene rings is 1. The van der Waals surface area contributed by atoms with Gasteiger partial charge in [0.2, 0.25) is 15.8 Å². The van der Waals surface area contributed by atoms with Gasteiger partial charge in [0.15, 0.2) is 0 Å². The molecule has 2 aromatic rings. The molecule has 0 saturated carbocycles. The minimum atomic E-state index is -3.24. The van der Waals surface area contributed by atoms with E-state index in [2.05, 4.69) is 15.5 Å². The zero-order valence-electron chi connectivity index (χ0n) is 15.5. The molecule has 1 aromatic heterocycles. The van der Waals surface area contributed by atoms with Crippen LogP contribution in [-0.4, -0.2) is 52.2 Å². The molecule has 1 aromatic carbocycles. The fraction of sp³-hybridized carbons (Fsp3) is 0.500. The number of rotatable bonds is 5. The van der Waals surface area contributed by atoms with Crippen molar-refractivity contribution < 1.29 is 17.6 Å². The van der Waals surface area contributed by atoms with Crippen LogP contribution in [0.1, 0.15) is 29.8 Å². The van der Waals surface area contributed by atoms with Gasteiger partial charge in [0.05, 0.1) is 5.75 Å². The third-order valence-corrected chi connectivity index (χ3v) is 7.38. The number of aromatic nitrogens is 3. The van der Waals surface area contributed by atoms with Crippen LogP contribution in [0.3, 0.4) is 0 Å². The maximum atomic E-state index is 13.3. The first-order valence-corrected chi connectivity index (χ1v) is 10.9. The number of amides is 1. The van der Waals surface area contributed by atoms with E-state index < -0.39 is 21.7 Å². The van der Waals surface area contributed by atoms with Crippen LogP contribution in [0.25, 0.3) is 0 Å². The van der Waals surface area contributed by atoms with E-state index in [0.717, 1.165) is 0 Å². The molecule has 1 saturated heterocycles. The summed E-state index contributed by atoms with van der Waals surface area (Å²) in [6.45, 7) is 3.29. The van der Waals surface area contributed by atoms with Gasteiger partial charge in [0, 0.05) is 31.7 Å². The summed E-state index contributed by atoms with van der Waals surface area (Å²) in [6, 6.07) is 5.64. The summed E-state index contributed by atoms with van der Waals surface area (Å²) in [6.07, 6.45) is 1.17. The minimum absolute atomic E-state index is 0.121. The highest BCUT2D eigenvalue weighted by Gasteiger charge is 2.42. The van der Waals surface area contributed by atoms with Crippen LogP contribution in [-0.2, 0) is 23.0 Å². The van der Waals surface area contributed by atoms with Crippen molar-refractivity contribution in [2.24, 2.45) is 11.8 Å². The minimum Gasteiger partial charge on any atom is -0.319 e. The lowest BCUT2D eigenvalue weighted by molar-refractivity contribution is 0.100. The Balaban J connectivity index is 1.50. The van der Waals surface area contributed by atoms with Crippen molar-refractivity contribution in [3.05, 3.63) is 41.7 Å². The van der Waals surface area contributed by atoms with Crippen molar-refractivity contribution in [2.75, 3.05) is 24.2 Å². The highest BCUT2D eigenvalue weighted by atomic mass is 32.2. The quantitative estimate of drug-likeness (QED) is 0.810. The summed E-state index contributed by atoms with van der Waals surface area (Å²) >= 11 is 0. The molecular formula is C18H22FN5O3S. The average molecular weight is 407 g/mol. The van der Waals surface area contributed by atoms with Crippen molar-refractivity contribution in [3.63, 3.8) is 0 Å². The zero-order valence-corrected chi connectivity index (χ0v) is 16.3. The normalized spacial score (nSPS) is 21.9. The summed E-state index contributed by atoms with van der Waals surface area (Å²) in [5, 5.41) is 10.8. The van der Waals surface area contributed by atoms with Crippen molar-refractivity contribution in [3.8, 4) is 0 Å². The van der Waals surface area contributed by atoms with Crippen LogP contribution in [0.15, 0.2) is 24.3 Å². The van der Waals surface area contributed by atoms with Crippen molar-refractivity contribution in [1.29, 1.82) is 0 Å². The molecule has 0 radical (unpaired) electrons. The smallest absolute Gasteiger partial charge is 0.293 e. The third kappa shape index (κ3) is 3.53. The first kappa shape index (κ1) is 19.0. The number of nitrogens with zero attached hydrogens (tertiary/aromatic N) is 4. The number of nitrogens with one attached hydrogen (secondary N) is 1. The number of sulfonamides is 1. The molecule has 0 bridgehead atoms. The zero-order chi connectivity index (χ0) is 19.9. The van der Waals surface area contributed by atoms with Crippen LogP contribution in [0.5, 0.6) is 0 Å². The fourth-order valence-corrected chi connectivity index (χ4v) is 5.63. The van der Waals surface area contributed by atoms with E-state index in [1.165, 1.54) is 18.2 Å². The van der Waals surface area contributed by atoms with Crippen molar-refractivity contribution in [2.45, 2.75) is 26.3 Å². The Bertz CT molecular complexity index is 1010. The van der Waals surface area contributed by atoms with Gasteiger partial charge in [-0.25, -0.2) is 17.1 Å². The molecule has 8 nitrogen and oxygen atoms in total. The van der Waals surface area contributed by atoms with Crippen LogP contribution in [0.2, 0.25) is 0 Å². The highest BCUT2D eigenvalue weighted by Crippen LogP contribution is 2.34. The third-order valence-electron chi connectivity index (χ3n) is 5.37. The molecule has 0 aliphatic carbocycles. The molecule has 1 N–H and O–H groups in total. The lowest BCUT2D eigenvalue weighted by Gasteiger charge is -2.25. The Labute approximate surface area is 162 Å². The monoisotopic (exact) mass is 407 g/mol. The van der Waals surface area contributed by atoms with E-state index in [1.807, 2.05) is 6.92 Å². The molecule has 2 aliphatic rings. The van der Waals surface area contributed by atoms with Gasteiger partial charge in [-0.1, -0.05) is 13.0 Å². The van der Waals surface area contributed by atoms with E-state index in [0.29, 0.717) is 44.0 Å². The van der Waals surface area contributed by atoms with Crippen LogP contribution in [0.4, 0.5) is 10.1 Å². The van der Waals surface area contributed by atoms with Gasteiger partial charge in [-0.2, -0.15) is 0 Å². The van der Waals surface area contributed by atoms with Crippen molar-refractivity contribution in [1.82, 2.24) is 19.1 Å². The number of carbonyl (C=O) groups is 1.